The van der Waals surface area contributed by atoms with Crippen molar-refractivity contribution in [2.45, 2.75) is 25.9 Å². The van der Waals surface area contributed by atoms with E-state index in [4.69, 9.17) is 4.74 Å². The number of rotatable bonds is 4. The Balaban J connectivity index is 1.58. The van der Waals surface area contributed by atoms with Crippen LogP contribution in [0.15, 0.2) is 24.8 Å². The number of ether oxygens (including phenoxy) is 1. The third-order valence-corrected chi connectivity index (χ3v) is 4.02. The van der Waals surface area contributed by atoms with Gasteiger partial charge >= 0.3 is 0 Å². The first kappa shape index (κ1) is 15.6. The van der Waals surface area contributed by atoms with Crippen LogP contribution >= 0.6 is 0 Å². The minimum atomic E-state index is -0.0383. The first-order chi connectivity index (χ1) is 11.1. The molecule has 1 aliphatic heterocycles. The number of hydrogen-bond acceptors (Lipinski definition) is 5. The standard InChI is InChI=1S/C16H21N5O2/c1-12-9-13(19-11-18-12)3-4-14-10-21(7-8-23-14)16(22)15-17-5-6-20(15)2/h5-6,9,11,14H,3-4,7-8,10H2,1-2H3. The van der Waals surface area contributed by atoms with E-state index in [-0.39, 0.29) is 12.0 Å². The highest BCUT2D eigenvalue weighted by Gasteiger charge is 2.26. The van der Waals surface area contributed by atoms with E-state index in [1.165, 1.54) is 0 Å². The van der Waals surface area contributed by atoms with Crippen LogP contribution in [-0.2, 0) is 18.2 Å². The predicted molar refractivity (Wildman–Crippen MR) is 83.9 cm³/mol. The Morgan fingerprint density at radius 3 is 3.00 bits per heavy atom. The fourth-order valence-corrected chi connectivity index (χ4v) is 2.75. The van der Waals surface area contributed by atoms with Gasteiger partial charge in [-0.15, -0.1) is 0 Å². The summed E-state index contributed by atoms with van der Waals surface area (Å²) in [7, 11) is 1.83. The zero-order chi connectivity index (χ0) is 16.2. The summed E-state index contributed by atoms with van der Waals surface area (Å²) in [4.78, 5) is 26.8. The van der Waals surface area contributed by atoms with Gasteiger partial charge in [0.15, 0.2) is 5.82 Å². The monoisotopic (exact) mass is 315 g/mol. The Hall–Kier alpha value is -2.28. The lowest BCUT2D eigenvalue weighted by Crippen LogP contribution is -2.46. The Kier molecular flexibility index (Phi) is 4.66. The SMILES string of the molecule is Cc1cc(CCC2CN(C(=O)c3nccn3C)CCO2)ncn1. The molecule has 0 aromatic carbocycles. The van der Waals surface area contributed by atoms with Gasteiger partial charge in [0, 0.05) is 43.9 Å². The predicted octanol–water partition coefficient (Wildman–Crippen LogP) is 0.992. The summed E-state index contributed by atoms with van der Waals surface area (Å²) in [5, 5.41) is 0. The van der Waals surface area contributed by atoms with Crippen molar-refractivity contribution in [3.05, 3.63) is 42.0 Å². The van der Waals surface area contributed by atoms with Crippen LogP contribution < -0.4 is 0 Å². The normalized spacial score (nSPS) is 18.2. The number of hydrogen-bond donors (Lipinski definition) is 0. The highest BCUT2D eigenvalue weighted by atomic mass is 16.5. The molecule has 0 bridgehead atoms. The number of carbonyl (C=O) groups is 1. The lowest BCUT2D eigenvalue weighted by atomic mass is 10.1. The summed E-state index contributed by atoms with van der Waals surface area (Å²) in [6, 6.07) is 1.99. The average molecular weight is 315 g/mol. The highest BCUT2D eigenvalue weighted by Crippen LogP contribution is 2.14. The molecule has 1 aliphatic rings. The molecule has 1 atom stereocenters. The Labute approximate surface area is 135 Å². The van der Waals surface area contributed by atoms with Gasteiger partial charge in [-0.1, -0.05) is 0 Å². The number of nitrogens with zero attached hydrogens (tertiary/aromatic N) is 5. The molecule has 3 rings (SSSR count). The van der Waals surface area contributed by atoms with Crippen LogP contribution in [0.3, 0.4) is 0 Å². The minimum Gasteiger partial charge on any atom is -0.375 e. The quantitative estimate of drug-likeness (QED) is 0.841. The first-order valence-electron chi connectivity index (χ1n) is 7.79. The van der Waals surface area contributed by atoms with E-state index in [1.54, 1.807) is 23.3 Å². The number of imidazole rings is 1. The van der Waals surface area contributed by atoms with Crippen molar-refractivity contribution in [3.8, 4) is 0 Å². The molecule has 0 aliphatic carbocycles. The first-order valence-corrected chi connectivity index (χ1v) is 7.79. The summed E-state index contributed by atoms with van der Waals surface area (Å²) < 4.78 is 7.54. The summed E-state index contributed by atoms with van der Waals surface area (Å²) in [5.74, 6) is 0.431. The lowest BCUT2D eigenvalue weighted by molar-refractivity contribution is -0.0251. The van der Waals surface area contributed by atoms with E-state index in [2.05, 4.69) is 15.0 Å². The summed E-state index contributed by atoms with van der Waals surface area (Å²) in [6.07, 6.45) is 6.69. The fraction of sp³-hybridized carbons (Fsp3) is 0.500. The second-order valence-corrected chi connectivity index (χ2v) is 5.80. The maximum absolute atomic E-state index is 12.5. The van der Waals surface area contributed by atoms with Crippen LogP contribution in [-0.4, -0.2) is 56.1 Å². The van der Waals surface area contributed by atoms with E-state index in [0.717, 1.165) is 24.2 Å². The average Bonchev–Trinajstić information content (AvgIpc) is 2.99. The minimum absolute atomic E-state index is 0.0308. The summed E-state index contributed by atoms with van der Waals surface area (Å²) in [5.41, 5.74) is 1.97. The summed E-state index contributed by atoms with van der Waals surface area (Å²) in [6.45, 7) is 3.71. The van der Waals surface area contributed by atoms with Crippen LogP contribution in [0.25, 0.3) is 0 Å². The van der Waals surface area contributed by atoms with Crippen LogP contribution in [0.1, 0.15) is 28.4 Å². The molecule has 23 heavy (non-hydrogen) atoms. The van der Waals surface area contributed by atoms with Crippen molar-refractivity contribution in [1.29, 1.82) is 0 Å². The van der Waals surface area contributed by atoms with Crippen LogP contribution in [0.2, 0.25) is 0 Å². The van der Waals surface area contributed by atoms with Crippen LogP contribution in [0, 0.1) is 6.92 Å². The van der Waals surface area contributed by atoms with Gasteiger partial charge in [-0.2, -0.15) is 0 Å². The number of aryl methyl sites for hydroxylation is 3. The molecule has 0 saturated carbocycles. The van der Waals surface area contributed by atoms with E-state index in [1.807, 2.05) is 24.9 Å². The molecule has 0 spiro atoms. The van der Waals surface area contributed by atoms with Gasteiger partial charge in [-0.05, 0) is 25.8 Å². The molecule has 7 nitrogen and oxygen atoms in total. The fourth-order valence-electron chi connectivity index (χ4n) is 2.75. The molecular weight excluding hydrogens is 294 g/mol. The molecule has 2 aromatic rings. The van der Waals surface area contributed by atoms with E-state index in [9.17, 15) is 4.79 Å². The van der Waals surface area contributed by atoms with Crippen molar-refractivity contribution < 1.29 is 9.53 Å². The second kappa shape index (κ2) is 6.87. The molecule has 7 heteroatoms. The van der Waals surface area contributed by atoms with E-state index >= 15 is 0 Å². The topological polar surface area (TPSA) is 73.1 Å². The van der Waals surface area contributed by atoms with Gasteiger partial charge in [0.05, 0.1) is 12.7 Å². The van der Waals surface area contributed by atoms with Crippen molar-refractivity contribution in [3.63, 3.8) is 0 Å². The van der Waals surface area contributed by atoms with Gasteiger partial charge in [-0.25, -0.2) is 15.0 Å². The van der Waals surface area contributed by atoms with Crippen LogP contribution in [0.5, 0.6) is 0 Å². The number of carbonyl (C=O) groups excluding carboxylic acids is 1. The van der Waals surface area contributed by atoms with Crippen molar-refractivity contribution in [2.24, 2.45) is 7.05 Å². The number of amides is 1. The van der Waals surface area contributed by atoms with Gasteiger partial charge in [0.1, 0.15) is 6.33 Å². The smallest absolute Gasteiger partial charge is 0.290 e. The molecule has 1 unspecified atom stereocenters. The van der Waals surface area contributed by atoms with E-state index in [0.29, 0.717) is 25.5 Å². The Morgan fingerprint density at radius 2 is 2.26 bits per heavy atom. The van der Waals surface area contributed by atoms with Gasteiger partial charge in [0.25, 0.3) is 5.91 Å². The van der Waals surface area contributed by atoms with Gasteiger partial charge in [0.2, 0.25) is 0 Å². The molecule has 0 N–H and O–H groups in total. The number of aromatic nitrogens is 4. The van der Waals surface area contributed by atoms with Gasteiger partial charge in [-0.3, -0.25) is 4.79 Å². The molecule has 1 fully saturated rings. The second-order valence-electron chi connectivity index (χ2n) is 5.80. The van der Waals surface area contributed by atoms with Crippen molar-refractivity contribution >= 4 is 5.91 Å². The molecule has 1 amide bonds. The largest absolute Gasteiger partial charge is 0.375 e. The zero-order valence-corrected chi connectivity index (χ0v) is 13.5. The third-order valence-electron chi connectivity index (χ3n) is 4.02. The maximum atomic E-state index is 12.5. The highest BCUT2D eigenvalue weighted by molar-refractivity contribution is 5.90. The van der Waals surface area contributed by atoms with Crippen molar-refractivity contribution in [2.75, 3.05) is 19.7 Å². The maximum Gasteiger partial charge on any atom is 0.290 e. The third kappa shape index (κ3) is 3.73. The molecule has 0 radical (unpaired) electrons. The van der Waals surface area contributed by atoms with Gasteiger partial charge < -0.3 is 14.2 Å². The van der Waals surface area contributed by atoms with Crippen LogP contribution in [0.4, 0.5) is 0 Å². The zero-order valence-electron chi connectivity index (χ0n) is 13.5. The lowest BCUT2D eigenvalue weighted by Gasteiger charge is -2.32. The van der Waals surface area contributed by atoms with Crippen molar-refractivity contribution in [1.82, 2.24) is 24.4 Å². The molecular formula is C16H21N5O2. The summed E-state index contributed by atoms with van der Waals surface area (Å²) >= 11 is 0. The molecule has 3 heterocycles. The Morgan fingerprint density at radius 1 is 1.39 bits per heavy atom. The number of morpholine rings is 1. The molecule has 1 saturated heterocycles. The Bertz CT molecular complexity index is 685. The molecule has 2 aromatic heterocycles. The molecule has 122 valence electrons. The van der Waals surface area contributed by atoms with E-state index < -0.39 is 0 Å².